The molecule has 3 rings (SSSR count). The quantitative estimate of drug-likeness (QED) is 0.782. The summed E-state index contributed by atoms with van der Waals surface area (Å²) in [5, 5.41) is 3.34. The zero-order valence-corrected chi connectivity index (χ0v) is 15.3. The third kappa shape index (κ3) is 4.25. The predicted octanol–water partition coefficient (Wildman–Crippen LogP) is 3.68. The molecule has 0 saturated heterocycles. The minimum absolute atomic E-state index is 0.0135. The van der Waals surface area contributed by atoms with E-state index in [0.717, 1.165) is 48.7 Å². The van der Waals surface area contributed by atoms with Gasteiger partial charge < -0.3 is 19.7 Å². The number of amides is 1. The van der Waals surface area contributed by atoms with Gasteiger partial charge in [-0.1, -0.05) is 19.9 Å². The molecule has 0 aliphatic carbocycles. The van der Waals surface area contributed by atoms with Gasteiger partial charge in [-0.15, -0.1) is 0 Å². The van der Waals surface area contributed by atoms with Crippen molar-refractivity contribution >= 4 is 11.6 Å². The number of fused-ring (bicyclic) bond motifs is 1. The summed E-state index contributed by atoms with van der Waals surface area (Å²) in [4.78, 5) is 18.8. The molecule has 6 heteroatoms. The van der Waals surface area contributed by atoms with Crippen LogP contribution in [0.2, 0.25) is 0 Å². The maximum absolute atomic E-state index is 12.7. The van der Waals surface area contributed by atoms with Crippen molar-refractivity contribution in [2.75, 3.05) is 25.2 Å². The Kier molecular flexibility index (Phi) is 5.94. The second kappa shape index (κ2) is 8.56. The first-order chi connectivity index (χ1) is 12.7. The smallest absolute Gasteiger partial charge is 0.272 e. The highest BCUT2D eigenvalue weighted by molar-refractivity contribution is 5.93. The van der Waals surface area contributed by atoms with Gasteiger partial charge >= 0.3 is 0 Å². The van der Waals surface area contributed by atoms with Crippen LogP contribution in [0.25, 0.3) is 0 Å². The highest BCUT2D eigenvalue weighted by atomic mass is 16.7. The number of aromatic nitrogens is 1. The minimum atomic E-state index is -0.0135. The summed E-state index contributed by atoms with van der Waals surface area (Å²) in [5.41, 5.74) is 2.43. The van der Waals surface area contributed by atoms with Crippen molar-refractivity contribution in [3.05, 3.63) is 47.8 Å². The van der Waals surface area contributed by atoms with Crippen molar-refractivity contribution in [3.63, 3.8) is 0 Å². The van der Waals surface area contributed by atoms with Crippen LogP contribution in [0, 0.1) is 0 Å². The molecule has 138 valence electrons. The zero-order valence-electron chi connectivity index (χ0n) is 15.3. The molecular weight excluding hydrogens is 330 g/mol. The highest BCUT2D eigenvalue weighted by Crippen LogP contribution is 2.32. The van der Waals surface area contributed by atoms with Crippen LogP contribution in [-0.2, 0) is 6.54 Å². The van der Waals surface area contributed by atoms with E-state index >= 15 is 0 Å². The average Bonchev–Trinajstić information content (AvgIpc) is 3.13. The van der Waals surface area contributed by atoms with E-state index in [1.54, 1.807) is 6.20 Å². The van der Waals surface area contributed by atoms with Crippen LogP contribution in [-0.4, -0.2) is 35.7 Å². The van der Waals surface area contributed by atoms with Crippen molar-refractivity contribution < 1.29 is 14.3 Å². The number of hydrogen-bond acceptors (Lipinski definition) is 5. The summed E-state index contributed by atoms with van der Waals surface area (Å²) in [6, 6.07) is 9.56. The van der Waals surface area contributed by atoms with Crippen molar-refractivity contribution in [1.29, 1.82) is 0 Å². The largest absolute Gasteiger partial charge is 0.454 e. The fourth-order valence-corrected chi connectivity index (χ4v) is 2.93. The van der Waals surface area contributed by atoms with Gasteiger partial charge in [-0.05, 0) is 42.7 Å². The van der Waals surface area contributed by atoms with Crippen molar-refractivity contribution in [1.82, 2.24) is 9.88 Å². The Labute approximate surface area is 154 Å². The van der Waals surface area contributed by atoms with E-state index in [1.807, 2.05) is 35.2 Å². The number of pyridine rings is 1. The lowest BCUT2D eigenvalue weighted by Crippen LogP contribution is -2.33. The molecule has 0 atom stereocenters. The molecule has 0 bridgehead atoms. The molecule has 1 N–H and O–H groups in total. The molecule has 1 aliphatic heterocycles. The third-order valence-electron chi connectivity index (χ3n) is 4.19. The van der Waals surface area contributed by atoms with Gasteiger partial charge in [0.15, 0.2) is 11.5 Å². The Bertz CT molecular complexity index is 758. The lowest BCUT2D eigenvalue weighted by atomic mass is 10.2. The van der Waals surface area contributed by atoms with E-state index in [2.05, 4.69) is 24.1 Å². The molecular formula is C20H25N3O3. The minimum Gasteiger partial charge on any atom is -0.454 e. The van der Waals surface area contributed by atoms with Crippen LogP contribution in [0.1, 0.15) is 42.7 Å². The van der Waals surface area contributed by atoms with Crippen molar-refractivity contribution in [3.8, 4) is 11.5 Å². The van der Waals surface area contributed by atoms with Gasteiger partial charge in [0.2, 0.25) is 6.79 Å². The second-order valence-corrected chi connectivity index (χ2v) is 6.26. The Morgan fingerprint density at radius 2 is 1.88 bits per heavy atom. The molecule has 26 heavy (non-hydrogen) atoms. The summed E-state index contributed by atoms with van der Waals surface area (Å²) in [7, 11) is 0. The molecule has 6 nitrogen and oxygen atoms in total. The summed E-state index contributed by atoms with van der Waals surface area (Å²) in [6.45, 7) is 6.56. The average molecular weight is 355 g/mol. The number of rotatable bonds is 8. The summed E-state index contributed by atoms with van der Waals surface area (Å²) in [6.07, 6.45) is 3.55. The summed E-state index contributed by atoms with van der Waals surface area (Å²) in [5.74, 6) is 1.53. The van der Waals surface area contributed by atoms with E-state index in [9.17, 15) is 4.79 Å². The normalized spacial score (nSPS) is 12.1. The van der Waals surface area contributed by atoms with Gasteiger partial charge in [0.05, 0.1) is 0 Å². The first-order valence-electron chi connectivity index (χ1n) is 9.09. The number of hydrogen-bond donors (Lipinski definition) is 1. The Balaban J connectivity index is 1.66. The number of nitrogens with zero attached hydrogens (tertiary/aromatic N) is 2. The third-order valence-corrected chi connectivity index (χ3v) is 4.19. The predicted molar refractivity (Wildman–Crippen MR) is 101 cm³/mol. The molecule has 2 heterocycles. The van der Waals surface area contributed by atoms with E-state index in [0.29, 0.717) is 12.2 Å². The fraction of sp³-hybridized carbons (Fsp3) is 0.400. The number of benzene rings is 1. The molecule has 2 aromatic rings. The van der Waals surface area contributed by atoms with E-state index in [1.165, 1.54) is 0 Å². The standard InChI is InChI=1S/C20H25N3O3/c1-3-9-23(10-4-2)20(24)17-12-16(7-8-21-17)22-13-15-5-6-18-19(11-15)26-14-25-18/h5-8,11-12H,3-4,9-10,13-14H2,1-2H3,(H,21,22). The first-order valence-corrected chi connectivity index (χ1v) is 9.09. The van der Waals surface area contributed by atoms with Gasteiger partial charge in [0.25, 0.3) is 5.91 Å². The van der Waals surface area contributed by atoms with Gasteiger partial charge in [-0.3, -0.25) is 9.78 Å². The molecule has 1 aliphatic rings. The molecule has 0 radical (unpaired) electrons. The van der Waals surface area contributed by atoms with Crippen LogP contribution in [0.5, 0.6) is 11.5 Å². The molecule has 0 saturated carbocycles. The number of ether oxygens (including phenoxy) is 2. The van der Waals surface area contributed by atoms with E-state index in [-0.39, 0.29) is 12.7 Å². The van der Waals surface area contributed by atoms with Crippen molar-refractivity contribution in [2.45, 2.75) is 33.2 Å². The summed E-state index contributed by atoms with van der Waals surface area (Å²) >= 11 is 0. The number of anilines is 1. The molecule has 0 unspecified atom stereocenters. The number of carbonyl (C=O) groups excluding carboxylic acids is 1. The summed E-state index contributed by atoms with van der Waals surface area (Å²) < 4.78 is 10.7. The SMILES string of the molecule is CCCN(CCC)C(=O)c1cc(NCc2ccc3c(c2)OCO3)ccn1. The van der Waals surface area contributed by atoms with Gasteiger partial charge in [-0.25, -0.2) is 0 Å². The number of carbonyl (C=O) groups is 1. The van der Waals surface area contributed by atoms with Crippen LogP contribution >= 0.6 is 0 Å². The van der Waals surface area contributed by atoms with Crippen LogP contribution in [0.15, 0.2) is 36.5 Å². The second-order valence-electron chi connectivity index (χ2n) is 6.26. The van der Waals surface area contributed by atoms with Crippen LogP contribution in [0.3, 0.4) is 0 Å². The topological polar surface area (TPSA) is 63.7 Å². The molecule has 1 aromatic carbocycles. The molecule has 1 amide bonds. The van der Waals surface area contributed by atoms with Crippen LogP contribution in [0.4, 0.5) is 5.69 Å². The Morgan fingerprint density at radius 3 is 2.65 bits per heavy atom. The van der Waals surface area contributed by atoms with Gasteiger partial charge in [0.1, 0.15) is 5.69 Å². The zero-order chi connectivity index (χ0) is 18.4. The number of nitrogens with one attached hydrogen (secondary N) is 1. The fourth-order valence-electron chi connectivity index (χ4n) is 2.93. The molecule has 0 fully saturated rings. The van der Waals surface area contributed by atoms with Crippen LogP contribution < -0.4 is 14.8 Å². The Hall–Kier alpha value is -2.76. The lowest BCUT2D eigenvalue weighted by molar-refractivity contribution is 0.0749. The lowest BCUT2D eigenvalue weighted by Gasteiger charge is -2.21. The van der Waals surface area contributed by atoms with E-state index < -0.39 is 0 Å². The first kappa shape index (κ1) is 18.0. The molecule has 1 aromatic heterocycles. The monoisotopic (exact) mass is 355 g/mol. The van der Waals surface area contributed by atoms with Gasteiger partial charge in [0, 0.05) is 31.5 Å². The highest BCUT2D eigenvalue weighted by Gasteiger charge is 2.16. The molecule has 0 spiro atoms. The van der Waals surface area contributed by atoms with E-state index in [4.69, 9.17) is 9.47 Å². The van der Waals surface area contributed by atoms with Crippen molar-refractivity contribution in [2.24, 2.45) is 0 Å². The maximum Gasteiger partial charge on any atom is 0.272 e. The Morgan fingerprint density at radius 1 is 1.12 bits per heavy atom. The van der Waals surface area contributed by atoms with Gasteiger partial charge in [-0.2, -0.15) is 0 Å². The maximum atomic E-state index is 12.7.